The molecule has 3 heteroatoms. The summed E-state index contributed by atoms with van der Waals surface area (Å²) in [6.07, 6.45) is 0. The third-order valence-corrected chi connectivity index (χ3v) is 8.99. The summed E-state index contributed by atoms with van der Waals surface area (Å²) in [7, 11) is -1.90. The van der Waals surface area contributed by atoms with Gasteiger partial charge in [-0.3, -0.25) is 4.79 Å². The normalized spacial score (nSPS) is 12.3. The quantitative estimate of drug-likeness (QED) is 0.362. The molecule has 0 amide bonds. The Hall–Kier alpha value is -1.35. The Kier molecular flexibility index (Phi) is 6.03. The Morgan fingerprint density at radius 2 is 1.70 bits per heavy atom. The maximum Gasteiger partial charge on any atom is 0.250 e. The highest BCUT2D eigenvalue weighted by atomic mass is 28.4. The van der Waals surface area contributed by atoms with Crippen LogP contribution in [0.2, 0.25) is 18.1 Å². The molecule has 0 unspecified atom stereocenters. The number of carbonyl (C=O) groups excluding carboxylic acids is 1. The molecule has 0 saturated heterocycles. The van der Waals surface area contributed by atoms with Gasteiger partial charge >= 0.3 is 0 Å². The molecule has 0 heterocycles. The maximum atomic E-state index is 12.8. The van der Waals surface area contributed by atoms with Crippen molar-refractivity contribution in [1.82, 2.24) is 0 Å². The summed E-state index contributed by atoms with van der Waals surface area (Å²) in [4.78, 5) is 12.8. The molecule has 0 aromatic heterocycles. The van der Waals surface area contributed by atoms with Gasteiger partial charge in [-0.1, -0.05) is 52.3 Å². The van der Waals surface area contributed by atoms with E-state index in [1.807, 2.05) is 38.1 Å². The predicted molar refractivity (Wildman–Crippen MR) is 102 cm³/mol. The van der Waals surface area contributed by atoms with Crippen molar-refractivity contribution in [3.05, 3.63) is 41.0 Å². The zero-order valence-corrected chi connectivity index (χ0v) is 17.2. The zero-order chi connectivity index (χ0) is 18.0. The summed E-state index contributed by atoms with van der Waals surface area (Å²) in [5.41, 5.74) is 2.70. The van der Waals surface area contributed by atoms with E-state index in [4.69, 9.17) is 4.43 Å². The Morgan fingerprint density at radius 1 is 1.13 bits per heavy atom. The third-order valence-electron chi connectivity index (χ3n) is 4.64. The molecule has 0 N–H and O–H groups in total. The summed E-state index contributed by atoms with van der Waals surface area (Å²) in [6, 6.07) is 7.65. The average Bonchev–Trinajstić information content (AvgIpc) is 2.36. The van der Waals surface area contributed by atoms with E-state index in [1.165, 1.54) is 0 Å². The monoisotopic (exact) mass is 332 g/mol. The van der Waals surface area contributed by atoms with Gasteiger partial charge in [0.25, 0.3) is 0 Å². The second kappa shape index (κ2) is 7.04. The van der Waals surface area contributed by atoms with Crippen LogP contribution in [0, 0.1) is 5.92 Å². The number of Topliss-reactive ketones (excluding diaryl/α,β-unsaturated/α-hetero) is 1. The van der Waals surface area contributed by atoms with Gasteiger partial charge in [-0.25, -0.2) is 0 Å². The minimum Gasteiger partial charge on any atom is -0.543 e. The van der Waals surface area contributed by atoms with Crippen molar-refractivity contribution in [2.24, 2.45) is 5.92 Å². The number of carbonyl (C=O) groups is 1. The topological polar surface area (TPSA) is 26.3 Å². The number of ketones is 1. The molecular weight excluding hydrogens is 300 g/mol. The largest absolute Gasteiger partial charge is 0.543 e. The number of allylic oxidation sites excluding steroid dienone is 2. The Balaban J connectivity index is 3.16. The van der Waals surface area contributed by atoms with Gasteiger partial charge < -0.3 is 4.43 Å². The molecular formula is C20H32O2Si. The minimum atomic E-state index is -1.90. The lowest BCUT2D eigenvalue weighted by molar-refractivity contribution is 0.102. The highest BCUT2D eigenvalue weighted by Crippen LogP contribution is 2.37. The fourth-order valence-electron chi connectivity index (χ4n) is 2.37. The average molecular weight is 333 g/mol. The van der Waals surface area contributed by atoms with E-state index in [0.29, 0.717) is 5.56 Å². The number of rotatable bonds is 5. The molecule has 1 aromatic rings. The van der Waals surface area contributed by atoms with E-state index in [2.05, 4.69) is 47.7 Å². The standard InChI is InChI=1S/C20H32O2Si/c1-14(2)18(15(3)4)19(21)16-11-10-12-17(13-16)22-23(8,9)20(5,6)7/h10-14H,1-9H3. The van der Waals surface area contributed by atoms with Crippen molar-refractivity contribution in [2.75, 3.05) is 0 Å². The van der Waals surface area contributed by atoms with Crippen LogP contribution in [0.4, 0.5) is 0 Å². The summed E-state index contributed by atoms with van der Waals surface area (Å²) in [5, 5.41) is 0.135. The van der Waals surface area contributed by atoms with Gasteiger partial charge in [-0.2, -0.15) is 0 Å². The molecule has 0 fully saturated rings. The lowest BCUT2D eigenvalue weighted by Crippen LogP contribution is -2.43. The molecule has 0 radical (unpaired) electrons. The predicted octanol–water partition coefficient (Wildman–Crippen LogP) is 6.25. The van der Waals surface area contributed by atoms with Crippen LogP contribution in [0.3, 0.4) is 0 Å². The van der Waals surface area contributed by atoms with Gasteiger partial charge in [-0.15, -0.1) is 0 Å². The SMILES string of the molecule is CC(C)=C(C(=O)c1cccc(O[Si](C)(C)C(C)(C)C)c1)C(C)C. The Labute approximate surface area is 143 Å². The smallest absolute Gasteiger partial charge is 0.250 e. The maximum absolute atomic E-state index is 12.8. The van der Waals surface area contributed by atoms with Crippen molar-refractivity contribution in [3.8, 4) is 5.75 Å². The molecule has 0 aliphatic rings. The lowest BCUT2D eigenvalue weighted by Gasteiger charge is -2.36. The zero-order valence-electron chi connectivity index (χ0n) is 16.2. The Morgan fingerprint density at radius 3 is 2.13 bits per heavy atom. The van der Waals surface area contributed by atoms with Crippen molar-refractivity contribution in [2.45, 2.75) is 66.6 Å². The second-order valence-corrected chi connectivity index (χ2v) is 13.0. The van der Waals surface area contributed by atoms with Crippen LogP contribution in [-0.4, -0.2) is 14.1 Å². The summed E-state index contributed by atoms with van der Waals surface area (Å²) in [6.45, 7) is 19.2. The van der Waals surface area contributed by atoms with Gasteiger partial charge in [0, 0.05) is 11.1 Å². The summed E-state index contributed by atoms with van der Waals surface area (Å²) in [5.74, 6) is 1.14. The molecule has 1 aromatic carbocycles. The van der Waals surface area contributed by atoms with E-state index in [9.17, 15) is 4.79 Å². The fourth-order valence-corrected chi connectivity index (χ4v) is 3.39. The van der Waals surface area contributed by atoms with Crippen LogP contribution < -0.4 is 4.43 Å². The van der Waals surface area contributed by atoms with E-state index >= 15 is 0 Å². The molecule has 0 aliphatic carbocycles. The first-order valence-electron chi connectivity index (χ1n) is 8.38. The first-order valence-corrected chi connectivity index (χ1v) is 11.3. The van der Waals surface area contributed by atoms with Crippen molar-refractivity contribution in [1.29, 1.82) is 0 Å². The number of hydrogen-bond acceptors (Lipinski definition) is 2. The van der Waals surface area contributed by atoms with Crippen LogP contribution >= 0.6 is 0 Å². The number of benzene rings is 1. The number of hydrogen-bond donors (Lipinski definition) is 0. The first kappa shape index (κ1) is 19.7. The highest BCUT2D eigenvalue weighted by Gasteiger charge is 2.39. The molecule has 0 aliphatic heterocycles. The van der Waals surface area contributed by atoms with Gasteiger partial charge in [0.2, 0.25) is 8.32 Å². The highest BCUT2D eigenvalue weighted by molar-refractivity contribution is 6.74. The van der Waals surface area contributed by atoms with Crippen LogP contribution in [-0.2, 0) is 0 Å². The van der Waals surface area contributed by atoms with Crippen molar-refractivity contribution < 1.29 is 9.22 Å². The van der Waals surface area contributed by atoms with Gasteiger partial charge in [0.15, 0.2) is 5.78 Å². The van der Waals surface area contributed by atoms with Gasteiger partial charge in [0.05, 0.1) is 0 Å². The van der Waals surface area contributed by atoms with E-state index in [-0.39, 0.29) is 16.7 Å². The Bertz CT molecular complexity index is 600. The molecule has 0 atom stereocenters. The van der Waals surface area contributed by atoms with E-state index in [0.717, 1.165) is 16.9 Å². The van der Waals surface area contributed by atoms with Crippen molar-refractivity contribution in [3.63, 3.8) is 0 Å². The van der Waals surface area contributed by atoms with Crippen LogP contribution in [0.5, 0.6) is 5.75 Å². The van der Waals surface area contributed by atoms with Crippen molar-refractivity contribution >= 4 is 14.1 Å². The minimum absolute atomic E-state index is 0.112. The van der Waals surface area contributed by atoms with Gasteiger partial charge in [0.1, 0.15) is 5.75 Å². The summed E-state index contributed by atoms with van der Waals surface area (Å²) < 4.78 is 6.33. The molecule has 23 heavy (non-hydrogen) atoms. The molecule has 0 spiro atoms. The van der Waals surface area contributed by atoms with Crippen LogP contribution in [0.25, 0.3) is 0 Å². The molecule has 128 valence electrons. The molecule has 0 bridgehead atoms. The summed E-state index contributed by atoms with van der Waals surface area (Å²) >= 11 is 0. The van der Waals surface area contributed by atoms with Crippen LogP contribution in [0.1, 0.15) is 58.8 Å². The second-order valence-electron chi connectivity index (χ2n) is 8.29. The van der Waals surface area contributed by atoms with Crippen LogP contribution in [0.15, 0.2) is 35.4 Å². The van der Waals surface area contributed by atoms with E-state index in [1.54, 1.807) is 0 Å². The fraction of sp³-hybridized carbons (Fsp3) is 0.550. The molecule has 2 nitrogen and oxygen atoms in total. The third kappa shape index (κ3) is 4.81. The van der Waals surface area contributed by atoms with E-state index < -0.39 is 8.32 Å². The first-order chi connectivity index (χ1) is 10.4. The molecule has 0 saturated carbocycles. The lowest BCUT2D eigenvalue weighted by atomic mass is 9.91. The van der Waals surface area contributed by atoms with Gasteiger partial charge in [-0.05, 0) is 50.0 Å². The molecule has 1 rings (SSSR count).